The molecule has 1 aromatic heterocycles. The highest BCUT2D eigenvalue weighted by atomic mass is 32.2. The van der Waals surface area contributed by atoms with Crippen molar-refractivity contribution >= 4 is 15.9 Å². The summed E-state index contributed by atoms with van der Waals surface area (Å²) in [6, 6.07) is 8.47. The van der Waals surface area contributed by atoms with Crippen LogP contribution >= 0.6 is 0 Å². The van der Waals surface area contributed by atoms with Crippen molar-refractivity contribution in [3.05, 3.63) is 30.0 Å². The molecule has 156 valence electrons. The Hall–Kier alpha value is -2.41. The zero-order valence-corrected chi connectivity index (χ0v) is 17.9. The van der Waals surface area contributed by atoms with Gasteiger partial charge in [0, 0.05) is 31.7 Å². The Morgan fingerprint density at radius 2 is 1.76 bits per heavy atom. The van der Waals surface area contributed by atoms with E-state index >= 15 is 0 Å². The van der Waals surface area contributed by atoms with Gasteiger partial charge >= 0.3 is 0 Å². The minimum absolute atomic E-state index is 0.0170. The Kier molecular flexibility index (Phi) is 6.27. The fourth-order valence-corrected chi connectivity index (χ4v) is 5.01. The highest BCUT2D eigenvalue weighted by molar-refractivity contribution is 7.89. The maximum Gasteiger partial charge on any atom is 0.243 e. The first-order valence-corrected chi connectivity index (χ1v) is 11.2. The molecule has 0 radical (unpaired) electrons. The molecule has 2 atom stereocenters. The average Bonchev–Trinajstić information content (AvgIpc) is 3.12. The molecule has 3 rings (SSSR count). The normalized spacial score (nSPS) is 20.1. The standard InChI is InChI=1S/C20H26N4O4S/c1-5-24(6-2)29(25,26)17-9-7-16(8-10-17)19-22-18(11-21)20(28-19)23-12-14(3)27-15(4)13-23/h7-10,14-15H,5-6,12-13H2,1-4H3/t14-,15-/m1/s1. The summed E-state index contributed by atoms with van der Waals surface area (Å²) in [5.41, 5.74) is 0.821. The number of benzene rings is 1. The van der Waals surface area contributed by atoms with E-state index in [4.69, 9.17) is 9.15 Å². The summed E-state index contributed by atoms with van der Waals surface area (Å²) < 4.78 is 38.3. The Balaban J connectivity index is 1.90. The third-order valence-corrected chi connectivity index (χ3v) is 6.93. The van der Waals surface area contributed by atoms with Gasteiger partial charge in [0.1, 0.15) is 6.07 Å². The number of morpholine rings is 1. The fraction of sp³-hybridized carbons (Fsp3) is 0.500. The van der Waals surface area contributed by atoms with Crippen LogP contribution in [0.5, 0.6) is 0 Å². The number of hydrogen-bond donors (Lipinski definition) is 0. The van der Waals surface area contributed by atoms with Gasteiger partial charge in [-0.25, -0.2) is 8.42 Å². The summed E-state index contributed by atoms with van der Waals surface area (Å²) in [6.07, 6.45) is 0.0341. The number of oxazole rings is 1. The molecule has 0 bridgehead atoms. The third kappa shape index (κ3) is 4.29. The van der Waals surface area contributed by atoms with E-state index in [-0.39, 0.29) is 28.7 Å². The van der Waals surface area contributed by atoms with Gasteiger partial charge in [0.25, 0.3) is 0 Å². The smallest absolute Gasteiger partial charge is 0.243 e. The number of nitriles is 1. The summed E-state index contributed by atoms with van der Waals surface area (Å²) in [4.78, 5) is 6.49. The second-order valence-electron chi connectivity index (χ2n) is 7.06. The molecule has 2 aromatic rings. The van der Waals surface area contributed by atoms with E-state index in [1.165, 1.54) is 16.4 Å². The molecule has 1 saturated heterocycles. The summed E-state index contributed by atoms with van der Waals surface area (Å²) >= 11 is 0. The van der Waals surface area contributed by atoms with Crippen molar-refractivity contribution in [1.29, 1.82) is 5.26 Å². The van der Waals surface area contributed by atoms with Crippen molar-refractivity contribution in [3.8, 4) is 17.5 Å². The first kappa shape index (κ1) is 21.3. The zero-order chi connectivity index (χ0) is 21.2. The minimum Gasteiger partial charge on any atom is -0.419 e. The first-order valence-electron chi connectivity index (χ1n) is 9.72. The monoisotopic (exact) mass is 418 g/mol. The number of aromatic nitrogens is 1. The van der Waals surface area contributed by atoms with Gasteiger partial charge in [0.15, 0.2) is 0 Å². The van der Waals surface area contributed by atoms with E-state index in [2.05, 4.69) is 11.1 Å². The lowest BCUT2D eigenvalue weighted by atomic mass is 10.2. The van der Waals surface area contributed by atoms with Gasteiger partial charge in [-0.3, -0.25) is 0 Å². The Labute approximate surface area is 171 Å². The van der Waals surface area contributed by atoms with Gasteiger partial charge in [0.05, 0.1) is 17.1 Å². The molecule has 0 N–H and O–H groups in total. The van der Waals surface area contributed by atoms with Crippen LogP contribution in [0.25, 0.3) is 11.5 Å². The lowest BCUT2D eigenvalue weighted by Crippen LogP contribution is -2.45. The van der Waals surface area contributed by atoms with Crippen molar-refractivity contribution < 1.29 is 17.6 Å². The molecule has 2 heterocycles. The molecule has 0 aliphatic carbocycles. The highest BCUT2D eigenvalue weighted by Gasteiger charge is 2.28. The van der Waals surface area contributed by atoms with Gasteiger partial charge in [-0.05, 0) is 38.1 Å². The number of sulfonamides is 1. The van der Waals surface area contributed by atoms with Gasteiger partial charge in [-0.15, -0.1) is 0 Å². The Bertz CT molecular complexity index is 980. The summed E-state index contributed by atoms with van der Waals surface area (Å²) in [5.74, 6) is 0.708. The fourth-order valence-electron chi connectivity index (χ4n) is 3.55. The largest absolute Gasteiger partial charge is 0.419 e. The predicted octanol–water partition coefficient (Wildman–Crippen LogP) is 2.86. The first-order chi connectivity index (χ1) is 13.8. The summed E-state index contributed by atoms with van der Waals surface area (Å²) in [5, 5.41) is 9.49. The van der Waals surface area contributed by atoms with E-state index in [0.29, 0.717) is 37.6 Å². The number of ether oxygens (including phenoxy) is 1. The van der Waals surface area contributed by atoms with Crippen LogP contribution in [-0.4, -0.2) is 56.1 Å². The molecule has 1 aliphatic rings. The van der Waals surface area contributed by atoms with Crippen molar-refractivity contribution in [1.82, 2.24) is 9.29 Å². The topological polar surface area (TPSA) is 99.7 Å². The SMILES string of the molecule is CCN(CC)S(=O)(=O)c1ccc(-c2nc(C#N)c(N3C[C@@H](C)O[C@H](C)C3)o2)cc1. The third-order valence-electron chi connectivity index (χ3n) is 4.87. The average molecular weight is 419 g/mol. The van der Waals surface area contributed by atoms with Crippen LogP contribution < -0.4 is 4.90 Å². The van der Waals surface area contributed by atoms with Crippen LogP contribution in [-0.2, 0) is 14.8 Å². The number of anilines is 1. The maximum absolute atomic E-state index is 12.6. The molecule has 0 saturated carbocycles. The lowest BCUT2D eigenvalue weighted by molar-refractivity contribution is -0.00638. The molecule has 8 nitrogen and oxygen atoms in total. The van der Waals surface area contributed by atoms with Crippen LogP contribution in [0.4, 0.5) is 5.88 Å². The number of nitrogens with zero attached hydrogens (tertiary/aromatic N) is 4. The van der Waals surface area contributed by atoms with Crippen molar-refractivity contribution in [3.63, 3.8) is 0 Å². The molecule has 0 amide bonds. The van der Waals surface area contributed by atoms with E-state index < -0.39 is 10.0 Å². The minimum atomic E-state index is -3.53. The van der Waals surface area contributed by atoms with Crippen LogP contribution in [0.15, 0.2) is 33.6 Å². The van der Waals surface area contributed by atoms with E-state index in [1.54, 1.807) is 26.0 Å². The molecular weight excluding hydrogens is 392 g/mol. The summed E-state index contributed by atoms with van der Waals surface area (Å²) in [7, 11) is -3.53. The van der Waals surface area contributed by atoms with Gasteiger partial charge < -0.3 is 14.1 Å². The Morgan fingerprint density at radius 3 is 2.28 bits per heavy atom. The van der Waals surface area contributed by atoms with Gasteiger partial charge in [-0.2, -0.15) is 14.6 Å². The van der Waals surface area contributed by atoms with Gasteiger partial charge in [-0.1, -0.05) is 13.8 Å². The van der Waals surface area contributed by atoms with E-state index in [1.807, 2.05) is 18.7 Å². The van der Waals surface area contributed by atoms with Crippen LogP contribution in [0.3, 0.4) is 0 Å². The van der Waals surface area contributed by atoms with E-state index in [9.17, 15) is 13.7 Å². The highest BCUT2D eigenvalue weighted by Crippen LogP contribution is 2.31. The molecule has 0 unspecified atom stereocenters. The van der Waals surface area contributed by atoms with Crippen LogP contribution in [0.2, 0.25) is 0 Å². The maximum atomic E-state index is 12.6. The molecule has 1 fully saturated rings. The van der Waals surface area contributed by atoms with Gasteiger partial charge in [0.2, 0.25) is 27.5 Å². The second-order valence-corrected chi connectivity index (χ2v) is 9.00. The number of rotatable bonds is 6. The summed E-state index contributed by atoms with van der Waals surface area (Å²) in [6.45, 7) is 9.59. The molecule has 9 heteroatoms. The Morgan fingerprint density at radius 1 is 1.17 bits per heavy atom. The number of hydrogen-bond acceptors (Lipinski definition) is 7. The molecule has 29 heavy (non-hydrogen) atoms. The predicted molar refractivity (Wildman–Crippen MR) is 109 cm³/mol. The quantitative estimate of drug-likeness (QED) is 0.711. The van der Waals surface area contributed by atoms with Crippen molar-refractivity contribution in [2.24, 2.45) is 0 Å². The van der Waals surface area contributed by atoms with Crippen molar-refractivity contribution in [2.45, 2.75) is 44.8 Å². The molecular formula is C20H26N4O4S. The zero-order valence-electron chi connectivity index (χ0n) is 17.1. The van der Waals surface area contributed by atoms with E-state index in [0.717, 1.165) is 0 Å². The second kappa shape index (κ2) is 8.53. The van der Waals surface area contributed by atoms with Crippen LogP contribution in [0, 0.1) is 11.3 Å². The van der Waals surface area contributed by atoms with Crippen molar-refractivity contribution in [2.75, 3.05) is 31.1 Å². The molecule has 1 aliphatic heterocycles. The molecule has 1 aromatic carbocycles. The molecule has 0 spiro atoms. The lowest BCUT2D eigenvalue weighted by Gasteiger charge is -2.34. The van der Waals surface area contributed by atoms with Crippen LogP contribution in [0.1, 0.15) is 33.4 Å².